The van der Waals surface area contributed by atoms with E-state index in [2.05, 4.69) is 5.32 Å². The van der Waals surface area contributed by atoms with Gasteiger partial charge in [-0.2, -0.15) is 0 Å². The van der Waals surface area contributed by atoms with Crippen molar-refractivity contribution in [3.63, 3.8) is 0 Å². The number of carbonyl (C=O) groups is 2. The van der Waals surface area contributed by atoms with Crippen molar-refractivity contribution >= 4 is 11.9 Å². The minimum Gasteiger partial charge on any atom is -0.480 e. The Morgan fingerprint density at radius 1 is 1.25 bits per heavy atom. The molecule has 0 saturated carbocycles. The van der Waals surface area contributed by atoms with Crippen molar-refractivity contribution in [3.05, 3.63) is 59.8 Å². The number of amides is 1. The second-order valence-corrected chi connectivity index (χ2v) is 4.17. The van der Waals surface area contributed by atoms with Crippen LogP contribution in [0.3, 0.4) is 0 Å². The van der Waals surface area contributed by atoms with Crippen LogP contribution >= 0.6 is 0 Å². The molecule has 1 amide bonds. The Bertz CT molecular complexity index is 592. The number of carboxylic acids is 1. The summed E-state index contributed by atoms with van der Waals surface area (Å²) < 4.78 is 17.7. The lowest BCUT2D eigenvalue weighted by atomic mass is 10.1. The number of aliphatic carboxylic acids is 1. The molecule has 1 atom stereocenters. The standard InChI is InChI=1S/C14H12FNO4/c15-10-5-3-9(4-6-10)8-11(14(18)19)16-13(17)12-2-1-7-20-12/h1-7,11H,8H2,(H,16,17)(H,18,19)/t11-/m1/s1. The highest BCUT2D eigenvalue weighted by molar-refractivity contribution is 5.94. The zero-order valence-electron chi connectivity index (χ0n) is 10.4. The first-order valence-electron chi connectivity index (χ1n) is 5.88. The molecule has 20 heavy (non-hydrogen) atoms. The molecule has 104 valence electrons. The van der Waals surface area contributed by atoms with E-state index in [1.807, 2.05) is 0 Å². The third kappa shape index (κ3) is 3.44. The van der Waals surface area contributed by atoms with Crippen LogP contribution in [0.2, 0.25) is 0 Å². The van der Waals surface area contributed by atoms with Crippen molar-refractivity contribution in [1.29, 1.82) is 0 Å². The molecule has 1 aromatic heterocycles. The predicted molar refractivity (Wildman–Crippen MR) is 67.7 cm³/mol. The molecule has 0 spiro atoms. The molecule has 2 aromatic rings. The molecule has 0 fully saturated rings. The summed E-state index contributed by atoms with van der Waals surface area (Å²) in [7, 11) is 0. The molecule has 1 heterocycles. The van der Waals surface area contributed by atoms with Crippen LogP contribution in [0.4, 0.5) is 4.39 Å². The van der Waals surface area contributed by atoms with E-state index in [0.29, 0.717) is 5.56 Å². The van der Waals surface area contributed by atoms with E-state index in [4.69, 9.17) is 9.52 Å². The second-order valence-electron chi connectivity index (χ2n) is 4.17. The Balaban J connectivity index is 2.06. The first-order valence-corrected chi connectivity index (χ1v) is 5.88. The van der Waals surface area contributed by atoms with Gasteiger partial charge in [0.05, 0.1) is 6.26 Å². The van der Waals surface area contributed by atoms with Crippen LogP contribution in [0.5, 0.6) is 0 Å². The summed E-state index contributed by atoms with van der Waals surface area (Å²) in [5.41, 5.74) is 0.610. The minimum atomic E-state index is -1.17. The topological polar surface area (TPSA) is 79.5 Å². The third-order valence-electron chi connectivity index (χ3n) is 2.70. The van der Waals surface area contributed by atoms with Crippen molar-refractivity contribution in [3.8, 4) is 0 Å². The van der Waals surface area contributed by atoms with E-state index in [0.717, 1.165) is 0 Å². The average molecular weight is 277 g/mol. The van der Waals surface area contributed by atoms with E-state index >= 15 is 0 Å². The zero-order chi connectivity index (χ0) is 14.5. The summed E-state index contributed by atoms with van der Waals surface area (Å²) in [6.07, 6.45) is 1.38. The molecule has 0 saturated heterocycles. The van der Waals surface area contributed by atoms with Gasteiger partial charge in [-0.1, -0.05) is 12.1 Å². The van der Waals surface area contributed by atoms with E-state index in [1.54, 1.807) is 0 Å². The molecule has 0 aliphatic carbocycles. The number of rotatable bonds is 5. The Morgan fingerprint density at radius 3 is 2.50 bits per heavy atom. The molecule has 0 unspecified atom stereocenters. The second kappa shape index (κ2) is 6.01. The minimum absolute atomic E-state index is 0.0374. The quantitative estimate of drug-likeness (QED) is 0.874. The van der Waals surface area contributed by atoms with Crippen LogP contribution in [0.1, 0.15) is 16.1 Å². The van der Waals surface area contributed by atoms with Gasteiger partial charge in [0.2, 0.25) is 0 Å². The number of carboxylic acid groups (broad SMARTS) is 1. The number of furan rings is 1. The largest absolute Gasteiger partial charge is 0.480 e. The fraction of sp³-hybridized carbons (Fsp3) is 0.143. The van der Waals surface area contributed by atoms with Crippen LogP contribution in [-0.4, -0.2) is 23.0 Å². The summed E-state index contributed by atoms with van der Waals surface area (Å²) in [5, 5.41) is 11.5. The van der Waals surface area contributed by atoms with E-state index in [9.17, 15) is 14.0 Å². The molecule has 2 N–H and O–H groups in total. The maximum Gasteiger partial charge on any atom is 0.326 e. The van der Waals surface area contributed by atoms with Crippen molar-refractivity contribution in [2.24, 2.45) is 0 Å². The van der Waals surface area contributed by atoms with Gasteiger partial charge in [0.15, 0.2) is 5.76 Å². The summed E-state index contributed by atoms with van der Waals surface area (Å²) in [6, 6.07) is 7.29. The van der Waals surface area contributed by atoms with Gasteiger partial charge in [-0.25, -0.2) is 9.18 Å². The van der Waals surface area contributed by atoms with Crippen molar-refractivity contribution in [1.82, 2.24) is 5.32 Å². The maximum atomic E-state index is 12.8. The summed E-state index contributed by atoms with van der Waals surface area (Å²) in [4.78, 5) is 22.9. The van der Waals surface area contributed by atoms with Crippen LogP contribution in [0, 0.1) is 5.82 Å². The lowest BCUT2D eigenvalue weighted by Gasteiger charge is -2.13. The van der Waals surface area contributed by atoms with Crippen molar-refractivity contribution in [2.75, 3.05) is 0 Å². The number of nitrogens with one attached hydrogen (secondary N) is 1. The van der Waals surface area contributed by atoms with Gasteiger partial charge >= 0.3 is 5.97 Å². The molecule has 0 aliphatic rings. The highest BCUT2D eigenvalue weighted by Crippen LogP contribution is 2.07. The molecular weight excluding hydrogens is 265 g/mol. The molecule has 6 heteroatoms. The van der Waals surface area contributed by atoms with Crippen LogP contribution in [0.15, 0.2) is 47.1 Å². The lowest BCUT2D eigenvalue weighted by Crippen LogP contribution is -2.42. The van der Waals surface area contributed by atoms with Crippen molar-refractivity contribution < 1.29 is 23.5 Å². The average Bonchev–Trinajstić information content (AvgIpc) is 2.94. The number of carbonyl (C=O) groups excluding carboxylic acids is 1. The fourth-order valence-corrected chi connectivity index (χ4v) is 1.69. The van der Waals surface area contributed by atoms with Gasteiger partial charge in [0.1, 0.15) is 11.9 Å². The Hall–Kier alpha value is -2.63. The monoisotopic (exact) mass is 277 g/mol. The molecule has 1 aromatic carbocycles. The SMILES string of the molecule is O=C(N[C@H](Cc1ccc(F)cc1)C(=O)O)c1ccco1. The first-order chi connectivity index (χ1) is 9.56. The van der Waals surface area contributed by atoms with Gasteiger partial charge < -0.3 is 14.8 Å². The van der Waals surface area contributed by atoms with Crippen LogP contribution in [-0.2, 0) is 11.2 Å². The summed E-state index contributed by atoms with van der Waals surface area (Å²) in [6.45, 7) is 0. The van der Waals surface area contributed by atoms with Crippen LogP contribution in [0.25, 0.3) is 0 Å². The van der Waals surface area contributed by atoms with Crippen LogP contribution < -0.4 is 5.32 Å². The van der Waals surface area contributed by atoms with Crippen molar-refractivity contribution in [2.45, 2.75) is 12.5 Å². The third-order valence-corrected chi connectivity index (χ3v) is 2.70. The number of hydrogen-bond donors (Lipinski definition) is 2. The Morgan fingerprint density at radius 2 is 1.95 bits per heavy atom. The normalized spacial score (nSPS) is 11.8. The number of hydrogen-bond acceptors (Lipinski definition) is 3. The fourth-order valence-electron chi connectivity index (χ4n) is 1.69. The lowest BCUT2D eigenvalue weighted by molar-refractivity contribution is -0.139. The van der Waals surface area contributed by atoms with E-state index < -0.39 is 23.7 Å². The van der Waals surface area contributed by atoms with Gasteiger partial charge in [-0.3, -0.25) is 4.79 Å². The van der Waals surface area contributed by atoms with E-state index in [1.165, 1.54) is 42.7 Å². The van der Waals surface area contributed by atoms with Gasteiger partial charge in [-0.05, 0) is 29.8 Å². The molecule has 5 nitrogen and oxygen atoms in total. The molecular formula is C14H12FNO4. The van der Waals surface area contributed by atoms with Gasteiger partial charge in [0, 0.05) is 6.42 Å². The summed E-state index contributed by atoms with van der Waals surface area (Å²) in [5.74, 6) is -2.14. The Kier molecular flexibility index (Phi) is 4.14. The van der Waals surface area contributed by atoms with E-state index in [-0.39, 0.29) is 12.2 Å². The predicted octanol–water partition coefficient (Wildman–Crippen LogP) is 1.84. The summed E-state index contributed by atoms with van der Waals surface area (Å²) >= 11 is 0. The zero-order valence-corrected chi connectivity index (χ0v) is 10.4. The molecule has 0 bridgehead atoms. The Labute approximate surface area is 114 Å². The number of benzene rings is 1. The molecule has 0 radical (unpaired) electrons. The van der Waals surface area contributed by atoms with Gasteiger partial charge in [0.25, 0.3) is 5.91 Å². The smallest absolute Gasteiger partial charge is 0.326 e. The molecule has 2 rings (SSSR count). The first kappa shape index (κ1) is 13.8. The highest BCUT2D eigenvalue weighted by Gasteiger charge is 2.22. The maximum absolute atomic E-state index is 12.8. The number of halogens is 1. The molecule has 0 aliphatic heterocycles. The van der Waals surface area contributed by atoms with Gasteiger partial charge in [-0.15, -0.1) is 0 Å². The highest BCUT2D eigenvalue weighted by atomic mass is 19.1.